The molecule has 0 saturated carbocycles. The van der Waals surface area contributed by atoms with Gasteiger partial charge < -0.3 is 20.1 Å². The van der Waals surface area contributed by atoms with Gasteiger partial charge in [0.25, 0.3) is 11.8 Å². The van der Waals surface area contributed by atoms with E-state index in [2.05, 4.69) is 10.6 Å². The number of carbonyl (C=O) groups excluding carboxylic acids is 2. The number of benzene rings is 3. The van der Waals surface area contributed by atoms with E-state index in [1.54, 1.807) is 42.5 Å². The van der Waals surface area contributed by atoms with Gasteiger partial charge in [0.2, 0.25) is 0 Å². The van der Waals surface area contributed by atoms with E-state index in [1.165, 1.54) is 0 Å². The molecule has 3 aromatic carbocycles. The molecule has 0 aromatic heterocycles. The average molecular weight is 445 g/mol. The van der Waals surface area contributed by atoms with E-state index in [0.717, 1.165) is 16.9 Å². The first-order valence-corrected chi connectivity index (χ1v) is 10.8. The molecule has 0 aliphatic carbocycles. The summed E-state index contributed by atoms with van der Waals surface area (Å²) < 4.78 is 10.9. The average Bonchev–Trinajstić information content (AvgIpc) is 2.82. The van der Waals surface area contributed by atoms with E-state index >= 15 is 0 Å². The van der Waals surface area contributed by atoms with Crippen molar-refractivity contribution in [3.63, 3.8) is 0 Å². The quantitative estimate of drug-likeness (QED) is 0.445. The fourth-order valence-corrected chi connectivity index (χ4v) is 3.05. The molecule has 0 bridgehead atoms. The molecule has 0 aliphatic rings. The minimum Gasteiger partial charge on any atom is -0.494 e. The van der Waals surface area contributed by atoms with Crippen LogP contribution in [0.25, 0.3) is 6.08 Å². The first-order chi connectivity index (χ1) is 16.0. The van der Waals surface area contributed by atoms with Gasteiger partial charge in [-0.05, 0) is 80.9 Å². The number of carbonyl (C=O) groups is 2. The smallest absolute Gasteiger partial charge is 0.272 e. The Labute approximate surface area is 194 Å². The Morgan fingerprint density at radius 3 is 1.88 bits per heavy atom. The van der Waals surface area contributed by atoms with E-state index < -0.39 is 5.91 Å². The van der Waals surface area contributed by atoms with Crippen LogP contribution in [0.15, 0.2) is 78.5 Å². The van der Waals surface area contributed by atoms with Gasteiger partial charge >= 0.3 is 0 Å². The van der Waals surface area contributed by atoms with Crippen molar-refractivity contribution in [3.05, 3.63) is 95.2 Å². The van der Waals surface area contributed by atoms with Crippen molar-refractivity contribution in [2.24, 2.45) is 0 Å². The predicted molar refractivity (Wildman–Crippen MR) is 130 cm³/mol. The lowest BCUT2D eigenvalue weighted by atomic mass is 10.1. The van der Waals surface area contributed by atoms with Crippen molar-refractivity contribution in [1.29, 1.82) is 0 Å². The molecule has 0 fully saturated rings. The summed E-state index contributed by atoms with van der Waals surface area (Å²) in [5, 5.41) is 5.57. The van der Waals surface area contributed by atoms with E-state index in [9.17, 15) is 9.59 Å². The van der Waals surface area contributed by atoms with Gasteiger partial charge in [-0.1, -0.05) is 29.8 Å². The summed E-state index contributed by atoms with van der Waals surface area (Å²) in [5.41, 5.74) is 2.97. The summed E-state index contributed by atoms with van der Waals surface area (Å²) in [7, 11) is 0. The summed E-state index contributed by atoms with van der Waals surface area (Å²) in [4.78, 5) is 25.9. The number of aryl methyl sites for hydroxylation is 1. The monoisotopic (exact) mass is 444 g/mol. The van der Waals surface area contributed by atoms with Crippen LogP contribution in [-0.2, 0) is 4.79 Å². The lowest BCUT2D eigenvalue weighted by Crippen LogP contribution is -2.30. The second-order valence-corrected chi connectivity index (χ2v) is 7.29. The third-order valence-corrected chi connectivity index (χ3v) is 4.73. The number of amides is 2. The minimum absolute atomic E-state index is 0.124. The van der Waals surface area contributed by atoms with Crippen LogP contribution in [0.5, 0.6) is 11.5 Å². The summed E-state index contributed by atoms with van der Waals surface area (Å²) in [6.07, 6.45) is 1.63. The summed E-state index contributed by atoms with van der Waals surface area (Å²) in [6, 6.07) is 21.5. The largest absolute Gasteiger partial charge is 0.494 e. The lowest BCUT2D eigenvalue weighted by molar-refractivity contribution is -0.113. The van der Waals surface area contributed by atoms with Crippen LogP contribution >= 0.6 is 0 Å². The van der Waals surface area contributed by atoms with Gasteiger partial charge in [-0.15, -0.1) is 0 Å². The second kappa shape index (κ2) is 11.5. The molecule has 170 valence electrons. The maximum atomic E-state index is 13.1. The highest BCUT2D eigenvalue weighted by Crippen LogP contribution is 2.18. The minimum atomic E-state index is -0.437. The normalized spacial score (nSPS) is 10.9. The van der Waals surface area contributed by atoms with Crippen molar-refractivity contribution in [3.8, 4) is 11.5 Å². The van der Waals surface area contributed by atoms with E-state index in [-0.39, 0.29) is 11.6 Å². The predicted octanol–water partition coefficient (Wildman–Crippen LogP) is 5.20. The van der Waals surface area contributed by atoms with Crippen molar-refractivity contribution >= 4 is 23.6 Å². The molecule has 0 heterocycles. The lowest BCUT2D eigenvalue weighted by Gasteiger charge is -2.12. The Hall–Kier alpha value is -4.06. The van der Waals surface area contributed by atoms with Crippen LogP contribution in [-0.4, -0.2) is 25.0 Å². The summed E-state index contributed by atoms with van der Waals surface area (Å²) in [6.45, 7) is 6.90. The van der Waals surface area contributed by atoms with E-state index in [4.69, 9.17) is 9.47 Å². The van der Waals surface area contributed by atoms with Gasteiger partial charge in [-0.25, -0.2) is 0 Å². The Bertz CT molecular complexity index is 1100. The van der Waals surface area contributed by atoms with Crippen LogP contribution < -0.4 is 20.1 Å². The molecule has 0 saturated heterocycles. The van der Waals surface area contributed by atoms with Crippen molar-refractivity contribution in [1.82, 2.24) is 5.32 Å². The van der Waals surface area contributed by atoms with Crippen molar-refractivity contribution < 1.29 is 19.1 Å². The van der Waals surface area contributed by atoms with Crippen LogP contribution in [0.2, 0.25) is 0 Å². The van der Waals surface area contributed by atoms with Crippen LogP contribution in [0.1, 0.15) is 35.3 Å². The number of hydrogen-bond acceptors (Lipinski definition) is 4. The molecule has 2 N–H and O–H groups in total. The Morgan fingerprint density at radius 2 is 1.33 bits per heavy atom. The van der Waals surface area contributed by atoms with Crippen molar-refractivity contribution in [2.45, 2.75) is 20.8 Å². The molecular weight excluding hydrogens is 416 g/mol. The van der Waals surface area contributed by atoms with Gasteiger partial charge in [0.1, 0.15) is 17.2 Å². The highest BCUT2D eigenvalue weighted by atomic mass is 16.5. The van der Waals surface area contributed by atoms with Gasteiger partial charge in [0, 0.05) is 11.3 Å². The number of ether oxygens (including phenoxy) is 2. The highest BCUT2D eigenvalue weighted by Gasteiger charge is 2.15. The Morgan fingerprint density at radius 1 is 0.788 bits per heavy atom. The first-order valence-electron chi connectivity index (χ1n) is 10.8. The number of nitrogens with one attached hydrogen (secondary N) is 2. The number of hydrogen-bond donors (Lipinski definition) is 2. The molecule has 6 nitrogen and oxygen atoms in total. The second-order valence-electron chi connectivity index (χ2n) is 7.29. The molecule has 0 radical (unpaired) electrons. The molecule has 3 rings (SSSR count). The zero-order chi connectivity index (χ0) is 23.6. The Kier molecular flexibility index (Phi) is 8.24. The number of rotatable bonds is 9. The number of anilines is 1. The molecule has 33 heavy (non-hydrogen) atoms. The third kappa shape index (κ3) is 6.97. The maximum Gasteiger partial charge on any atom is 0.272 e. The topological polar surface area (TPSA) is 76.7 Å². The van der Waals surface area contributed by atoms with Crippen LogP contribution in [0.3, 0.4) is 0 Å². The zero-order valence-electron chi connectivity index (χ0n) is 19.1. The van der Waals surface area contributed by atoms with Gasteiger partial charge in [0.15, 0.2) is 0 Å². The molecule has 3 aromatic rings. The van der Waals surface area contributed by atoms with Crippen LogP contribution in [0, 0.1) is 6.92 Å². The molecule has 0 aliphatic heterocycles. The summed E-state index contributed by atoms with van der Waals surface area (Å²) in [5.74, 6) is 0.648. The standard InChI is InChI=1S/C27H28N2O4/c1-4-32-23-14-8-20(9-15-23)18-25(29-26(30)21-10-6-19(3)7-11-21)27(31)28-22-12-16-24(17-13-22)33-5-2/h6-18H,4-5H2,1-3H3,(H,28,31)(H,29,30)/b25-18+. The Balaban J connectivity index is 1.83. The van der Waals surface area contributed by atoms with E-state index in [1.807, 2.05) is 57.2 Å². The van der Waals surface area contributed by atoms with Gasteiger partial charge in [0.05, 0.1) is 13.2 Å². The van der Waals surface area contributed by atoms with Crippen molar-refractivity contribution in [2.75, 3.05) is 18.5 Å². The fourth-order valence-electron chi connectivity index (χ4n) is 3.05. The molecule has 2 amide bonds. The molecule has 0 spiro atoms. The molecule has 0 unspecified atom stereocenters. The van der Waals surface area contributed by atoms with Gasteiger partial charge in [-0.2, -0.15) is 0 Å². The highest BCUT2D eigenvalue weighted by molar-refractivity contribution is 6.10. The third-order valence-electron chi connectivity index (χ3n) is 4.73. The zero-order valence-corrected chi connectivity index (χ0v) is 19.1. The SMILES string of the molecule is CCOc1ccc(/C=C(/NC(=O)c2ccc(C)cc2)C(=O)Nc2ccc(OCC)cc2)cc1. The maximum absolute atomic E-state index is 13.1. The fraction of sp³-hybridized carbons (Fsp3) is 0.185. The molecular formula is C27H28N2O4. The summed E-state index contributed by atoms with van der Waals surface area (Å²) >= 11 is 0. The van der Waals surface area contributed by atoms with Crippen LogP contribution in [0.4, 0.5) is 5.69 Å². The van der Waals surface area contributed by atoms with Gasteiger partial charge in [-0.3, -0.25) is 9.59 Å². The van der Waals surface area contributed by atoms with E-state index in [0.29, 0.717) is 30.2 Å². The first kappa shape index (κ1) is 23.6. The molecule has 0 atom stereocenters. The molecule has 6 heteroatoms.